The highest BCUT2D eigenvalue weighted by Crippen LogP contribution is 2.30. The number of carbonyl (C=O) groups excluding carboxylic acids is 4. The molecule has 0 spiro atoms. The number of alkyl carbamates (subject to hydrolysis) is 2. The van der Waals surface area contributed by atoms with Crippen molar-refractivity contribution < 1.29 is 50.7 Å². The van der Waals surface area contributed by atoms with Crippen LogP contribution >= 0.6 is 0 Å². The number of hydrogen-bond donors (Lipinski definition) is 2. The molecule has 0 radical (unpaired) electrons. The maximum Gasteiger partial charge on any atom is 0.407 e. The van der Waals surface area contributed by atoms with Gasteiger partial charge in [0, 0.05) is 11.0 Å². The fourth-order valence-electron chi connectivity index (χ4n) is 5.01. The van der Waals surface area contributed by atoms with Crippen LogP contribution in [0.25, 0.3) is 10.4 Å². The number of nitrogens with one attached hydrogen (secondary N) is 2. The van der Waals surface area contributed by atoms with Gasteiger partial charge in [-0.05, 0) is 99.4 Å². The molecule has 46 heavy (non-hydrogen) atoms. The molecule has 0 bridgehead atoms. The molecule has 2 amide bonds. The van der Waals surface area contributed by atoms with Crippen molar-refractivity contribution in [3.05, 3.63) is 10.4 Å². The Hall–Kier alpha value is -3.30. The molecule has 2 saturated carbocycles. The number of rotatable bonds is 9. The van der Waals surface area contributed by atoms with Crippen LogP contribution in [-0.2, 0) is 42.8 Å². The van der Waals surface area contributed by atoms with Crippen LogP contribution in [0.3, 0.4) is 0 Å². The van der Waals surface area contributed by atoms with Gasteiger partial charge in [-0.3, -0.25) is 13.8 Å². The van der Waals surface area contributed by atoms with E-state index in [-0.39, 0.29) is 36.9 Å². The summed E-state index contributed by atoms with van der Waals surface area (Å²) >= 11 is 0. The van der Waals surface area contributed by atoms with E-state index in [9.17, 15) is 27.6 Å². The lowest BCUT2D eigenvalue weighted by atomic mass is 9.82. The SMILES string of the molecule is CCOC(=O)[C@@H]1CC[C@@H](N=[N+]=[N-])[C@@H](NC(=O)OC(C)(C)C)C1.CCOC(=O)[C@@H]1CC[C@H](OS(C)(=O)=O)[C@@H](NC(=O)OC(C)(C)C)C1. The van der Waals surface area contributed by atoms with Gasteiger partial charge in [0.2, 0.25) is 0 Å². The molecule has 2 fully saturated rings. The summed E-state index contributed by atoms with van der Waals surface area (Å²) < 4.78 is 48.3. The molecule has 0 aliphatic heterocycles. The van der Waals surface area contributed by atoms with E-state index in [2.05, 4.69) is 20.7 Å². The third kappa shape index (κ3) is 16.3. The molecule has 0 aromatic carbocycles. The standard InChI is InChI=1S/C15H27NO7S.C14H24N4O4/c1-6-21-13(17)10-7-8-12(23-24(5,19)20)11(9-10)16-14(18)22-15(2,3)4;1-5-21-12(19)9-6-7-10(17-18-15)11(8-9)16-13(20)22-14(2,3)4/h10-12H,6-9H2,1-5H3,(H,16,18);9-11H,5-8H2,1-4H3,(H,16,20)/t10-,11+,12+;9-,10-,11+/m11/s1. The molecule has 2 aliphatic rings. The number of ether oxygens (including phenoxy) is 4. The lowest BCUT2D eigenvalue weighted by Gasteiger charge is -2.35. The zero-order chi connectivity index (χ0) is 35.3. The molecule has 0 saturated heterocycles. The van der Waals surface area contributed by atoms with Crippen molar-refractivity contribution in [1.29, 1.82) is 0 Å². The largest absolute Gasteiger partial charge is 0.466 e. The summed E-state index contributed by atoms with van der Waals surface area (Å²) in [6.07, 6.45) is 1.41. The summed E-state index contributed by atoms with van der Waals surface area (Å²) in [6.45, 7) is 14.5. The Morgan fingerprint density at radius 2 is 1.22 bits per heavy atom. The second kappa shape index (κ2) is 18.1. The molecule has 2 N–H and O–H groups in total. The van der Waals surface area contributed by atoms with Gasteiger partial charge in [-0.15, -0.1) is 0 Å². The quantitative estimate of drug-likeness (QED) is 0.0863. The van der Waals surface area contributed by atoms with Crippen LogP contribution in [0.4, 0.5) is 9.59 Å². The van der Waals surface area contributed by atoms with Gasteiger partial charge in [0.1, 0.15) is 11.2 Å². The van der Waals surface area contributed by atoms with E-state index in [1.165, 1.54) is 0 Å². The van der Waals surface area contributed by atoms with Crippen LogP contribution in [0.2, 0.25) is 0 Å². The van der Waals surface area contributed by atoms with Gasteiger partial charge >= 0.3 is 24.1 Å². The van der Waals surface area contributed by atoms with Crippen molar-refractivity contribution in [2.24, 2.45) is 17.0 Å². The Labute approximate surface area is 271 Å². The fourth-order valence-corrected chi connectivity index (χ4v) is 5.69. The van der Waals surface area contributed by atoms with E-state index >= 15 is 0 Å². The number of azide groups is 1. The van der Waals surface area contributed by atoms with E-state index in [1.54, 1.807) is 55.4 Å². The van der Waals surface area contributed by atoms with Crippen molar-refractivity contribution in [2.45, 2.75) is 129 Å². The Bertz CT molecular complexity index is 1190. The predicted molar refractivity (Wildman–Crippen MR) is 167 cm³/mol. The average molecular weight is 678 g/mol. The number of hydrogen-bond acceptors (Lipinski definition) is 12. The van der Waals surface area contributed by atoms with Gasteiger partial charge in [0.05, 0.1) is 49.5 Å². The first-order valence-corrected chi connectivity index (χ1v) is 17.2. The van der Waals surface area contributed by atoms with Gasteiger partial charge in [-0.25, -0.2) is 9.59 Å². The first-order valence-electron chi connectivity index (χ1n) is 15.4. The van der Waals surface area contributed by atoms with Crippen molar-refractivity contribution in [3.63, 3.8) is 0 Å². The molecule has 264 valence electrons. The predicted octanol–water partition coefficient (Wildman–Crippen LogP) is 4.51. The maximum absolute atomic E-state index is 12.0. The molecule has 0 aromatic heterocycles. The van der Waals surface area contributed by atoms with Crippen LogP contribution in [0.1, 0.15) is 93.9 Å². The van der Waals surface area contributed by atoms with E-state index < -0.39 is 57.6 Å². The fraction of sp³-hybridized carbons (Fsp3) is 0.862. The van der Waals surface area contributed by atoms with E-state index in [1.807, 2.05) is 0 Å². The van der Waals surface area contributed by atoms with Crippen molar-refractivity contribution >= 4 is 34.2 Å². The van der Waals surface area contributed by atoms with Crippen molar-refractivity contribution in [3.8, 4) is 0 Å². The molecule has 2 rings (SSSR count). The lowest BCUT2D eigenvalue weighted by Crippen LogP contribution is -2.51. The van der Waals surface area contributed by atoms with E-state index in [0.717, 1.165) is 6.26 Å². The van der Waals surface area contributed by atoms with E-state index in [4.69, 9.17) is 28.7 Å². The highest BCUT2D eigenvalue weighted by atomic mass is 32.2. The molecule has 17 heteroatoms. The van der Waals surface area contributed by atoms with Gasteiger partial charge in [-0.2, -0.15) is 8.42 Å². The Morgan fingerprint density at radius 3 is 1.63 bits per heavy atom. The van der Waals surface area contributed by atoms with Crippen LogP contribution in [0.5, 0.6) is 0 Å². The lowest BCUT2D eigenvalue weighted by molar-refractivity contribution is -0.150. The van der Waals surface area contributed by atoms with Gasteiger partial charge in [0.25, 0.3) is 10.1 Å². The number of carbonyl (C=O) groups is 4. The third-order valence-corrected chi connectivity index (χ3v) is 7.34. The first-order chi connectivity index (χ1) is 21.2. The summed E-state index contributed by atoms with van der Waals surface area (Å²) in [7, 11) is -3.68. The average Bonchev–Trinajstić information content (AvgIpc) is 2.88. The monoisotopic (exact) mass is 677 g/mol. The molecule has 0 heterocycles. The second-order valence-electron chi connectivity index (χ2n) is 13.1. The summed E-state index contributed by atoms with van der Waals surface area (Å²) in [6, 6.07) is -1.48. The Kier molecular flexibility index (Phi) is 16.1. The number of nitrogens with zero attached hydrogens (tertiary/aromatic N) is 3. The minimum Gasteiger partial charge on any atom is -0.466 e. The minimum absolute atomic E-state index is 0.234. The third-order valence-electron chi connectivity index (χ3n) is 6.74. The summed E-state index contributed by atoms with van der Waals surface area (Å²) in [5.41, 5.74) is 7.33. The molecular formula is C29H51N5O11S. The van der Waals surface area contributed by atoms with Gasteiger partial charge in [0.15, 0.2) is 0 Å². The maximum atomic E-state index is 12.0. The molecule has 0 unspecified atom stereocenters. The van der Waals surface area contributed by atoms with Gasteiger partial charge in [-0.1, -0.05) is 5.11 Å². The van der Waals surface area contributed by atoms with Gasteiger partial charge < -0.3 is 29.6 Å². The highest BCUT2D eigenvalue weighted by molar-refractivity contribution is 7.86. The first kappa shape index (κ1) is 40.7. The number of esters is 2. The number of amides is 2. The Morgan fingerprint density at radius 1 is 0.783 bits per heavy atom. The molecular weight excluding hydrogens is 626 g/mol. The van der Waals surface area contributed by atoms with Crippen molar-refractivity contribution in [1.82, 2.24) is 10.6 Å². The summed E-state index contributed by atoms with van der Waals surface area (Å²) in [5, 5.41) is 9.03. The van der Waals surface area contributed by atoms with Crippen LogP contribution in [0, 0.1) is 11.8 Å². The second-order valence-corrected chi connectivity index (χ2v) is 14.7. The van der Waals surface area contributed by atoms with Crippen LogP contribution in [-0.4, -0.2) is 87.4 Å². The molecule has 0 aromatic rings. The highest BCUT2D eigenvalue weighted by Gasteiger charge is 2.39. The molecule has 2 aliphatic carbocycles. The van der Waals surface area contributed by atoms with Crippen LogP contribution < -0.4 is 10.6 Å². The van der Waals surface area contributed by atoms with Crippen LogP contribution in [0.15, 0.2) is 5.11 Å². The zero-order valence-electron chi connectivity index (χ0n) is 28.4. The minimum atomic E-state index is -3.68. The van der Waals surface area contributed by atoms with Crippen molar-refractivity contribution in [2.75, 3.05) is 19.5 Å². The smallest absolute Gasteiger partial charge is 0.407 e. The Balaban J connectivity index is 0.000000462. The molecule has 6 atom stereocenters. The normalized spacial score (nSPS) is 24.9. The summed E-state index contributed by atoms with van der Waals surface area (Å²) in [5.74, 6) is -1.35. The summed E-state index contributed by atoms with van der Waals surface area (Å²) in [4.78, 5) is 50.5. The topological polar surface area (TPSA) is 221 Å². The van der Waals surface area contributed by atoms with E-state index in [0.29, 0.717) is 38.7 Å². The molecule has 16 nitrogen and oxygen atoms in total. The zero-order valence-corrected chi connectivity index (χ0v) is 29.2.